The van der Waals surface area contributed by atoms with Crippen LogP contribution in [0.15, 0.2) is 48.5 Å². The zero-order valence-corrected chi connectivity index (χ0v) is 14.9. The number of aryl methyl sites for hydroxylation is 1. The molecule has 0 aliphatic carbocycles. The molecule has 0 saturated carbocycles. The molecule has 0 aliphatic rings. The smallest absolute Gasteiger partial charge is 0.223 e. The van der Waals surface area contributed by atoms with Gasteiger partial charge < -0.3 is 15.0 Å². The van der Waals surface area contributed by atoms with E-state index in [2.05, 4.69) is 5.32 Å². The second-order valence-corrected chi connectivity index (χ2v) is 5.80. The third-order valence-corrected chi connectivity index (χ3v) is 4.06. The van der Waals surface area contributed by atoms with Gasteiger partial charge in [-0.05, 0) is 30.2 Å². The van der Waals surface area contributed by atoms with Crippen LogP contribution in [-0.4, -0.2) is 25.5 Å². The number of hydrogen-bond acceptors (Lipinski definition) is 3. The van der Waals surface area contributed by atoms with Gasteiger partial charge in [0.25, 0.3) is 0 Å². The molecule has 0 spiro atoms. The summed E-state index contributed by atoms with van der Waals surface area (Å²) in [5.74, 6) is 0.388. The summed E-state index contributed by atoms with van der Waals surface area (Å²) in [7, 11) is 1.56. The second kappa shape index (κ2) is 8.87. The van der Waals surface area contributed by atoms with Gasteiger partial charge in [-0.2, -0.15) is 0 Å². The number of carbonyl (C=O) groups excluding carboxylic acids is 2. The summed E-state index contributed by atoms with van der Waals surface area (Å²) < 4.78 is 5.31. The summed E-state index contributed by atoms with van der Waals surface area (Å²) in [6.07, 6.45) is 0.226. The Bertz CT molecular complexity index is 743. The molecule has 1 N–H and O–H groups in total. The minimum atomic E-state index is -0.129. The zero-order chi connectivity index (χ0) is 18.2. The van der Waals surface area contributed by atoms with E-state index in [0.717, 1.165) is 11.1 Å². The normalized spacial score (nSPS) is 10.2. The minimum Gasteiger partial charge on any atom is -0.495 e. The molecule has 0 aliphatic heterocycles. The fourth-order valence-electron chi connectivity index (χ4n) is 2.60. The van der Waals surface area contributed by atoms with E-state index in [4.69, 9.17) is 4.74 Å². The Labute approximate surface area is 148 Å². The summed E-state index contributed by atoms with van der Waals surface area (Å²) in [5, 5.41) is 2.91. The van der Waals surface area contributed by atoms with Gasteiger partial charge in [0.2, 0.25) is 11.8 Å². The van der Waals surface area contributed by atoms with Crippen LogP contribution in [-0.2, 0) is 16.1 Å². The number of benzene rings is 2. The number of nitrogens with one attached hydrogen (secondary N) is 1. The van der Waals surface area contributed by atoms with Crippen LogP contribution in [0.4, 0.5) is 5.69 Å². The molecule has 0 atom stereocenters. The first-order chi connectivity index (χ1) is 12.0. The Morgan fingerprint density at radius 1 is 1.08 bits per heavy atom. The summed E-state index contributed by atoms with van der Waals surface area (Å²) in [5.41, 5.74) is 2.90. The molecule has 2 aromatic carbocycles. The van der Waals surface area contributed by atoms with Gasteiger partial charge in [-0.25, -0.2) is 0 Å². The monoisotopic (exact) mass is 340 g/mol. The Kier molecular flexibility index (Phi) is 6.57. The van der Waals surface area contributed by atoms with Crippen LogP contribution in [0.1, 0.15) is 24.5 Å². The fourth-order valence-corrected chi connectivity index (χ4v) is 2.60. The predicted molar refractivity (Wildman–Crippen MR) is 98.7 cm³/mol. The number of carbonyl (C=O) groups is 2. The maximum Gasteiger partial charge on any atom is 0.223 e. The lowest BCUT2D eigenvalue weighted by molar-refractivity contribution is -0.121. The highest BCUT2D eigenvalue weighted by molar-refractivity contribution is 5.93. The number of methoxy groups -OCH3 is 1. The lowest BCUT2D eigenvalue weighted by Gasteiger charge is -2.23. The Morgan fingerprint density at radius 3 is 2.44 bits per heavy atom. The van der Waals surface area contributed by atoms with Crippen molar-refractivity contribution in [3.05, 3.63) is 59.7 Å². The van der Waals surface area contributed by atoms with Crippen LogP contribution >= 0.6 is 0 Å². The van der Waals surface area contributed by atoms with Crippen LogP contribution in [0.5, 0.6) is 5.75 Å². The van der Waals surface area contributed by atoms with Crippen LogP contribution in [0.25, 0.3) is 0 Å². The minimum absolute atomic E-state index is 0.0931. The molecule has 2 amide bonds. The van der Waals surface area contributed by atoms with Crippen molar-refractivity contribution < 1.29 is 14.3 Å². The van der Waals surface area contributed by atoms with E-state index >= 15 is 0 Å². The molecule has 0 saturated heterocycles. The second-order valence-electron chi connectivity index (χ2n) is 5.80. The van der Waals surface area contributed by atoms with E-state index in [0.29, 0.717) is 24.5 Å². The molecule has 5 heteroatoms. The highest BCUT2D eigenvalue weighted by atomic mass is 16.5. The number of amides is 2. The molecular formula is C20H24N2O3. The van der Waals surface area contributed by atoms with Gasteiger partial charge in [-0.15, -0.1) is 0 Å². The van der Waals surface area contributed by atoms with Crippen molar-refractivity contribution in [1.29, 1.82) is 0 Å². The van der Waals surface area contributed by atoms with Crippen molar-refractivity contribution >= 4 is 17.5 Å². The molecule has 0 unspecified atom stereocenters. The number of rotatable bonds is 7. The van der Waals surface area contributed by atoms with E-state index in [1.807, 2.05) is 49.4 Å². The predicted octanol–water partition coefficient (Wildman–Crippen LogP) is 3.06. The first-order valence-corrected chi connectivity index (χ1v) is 8.25. The molecule has 0 bridgehead atoms. The first-order valence-electron chi connectivity index (χ1n) is 8.25. The molecule has 25 heavy (non-hydrogen) atoms. The number of hydrogen-bond donors (Lipinski definition) is 1. The highest BCUT2D eigenvalue weighted by Crippen LogP contribution is 2.27. The van der Waals surface area contributed by atoms with Crippen molar-refractivity contribution in [2.75, 3.05) is 18.6 Å². The van der Waals surface area contributed by atoms with Crippen molar-refractivity contribution in [1.82, 2.24) is 5.32 Å². The molecule has 0 heterocycles. The van der Waals surface area contributed by atoms with E-state index in [-0.39, 0.29) is 18.2 Å². The van der Waals surface area contributed by atoms with Crippen LogP contribution < -0.4 is 15.0 Å². The Balaban J connectivity index is 1.96. The average molecular weight is 340 g/mol. The summed E-state index contributed by atoms with van der Waals surface area (Å²) in [6, 6.07) is 15.2. The zero-order valence-electron chi connectivity index (χ0n) is 14.9. The average Bonchev–Trinajstić information content (AvgIpc) is 2.61. The molecule has 0 aromatic heterocycles. The van der Waals surface area contributed by atoms with E-state index < -0.39 is 0 Å². The molecule has 2 rings (SSSR count). The van der Waals surface area contributed by atoms with Crippen LogP contribution in [0, 0.1) is 6.92 Å². The van der Waals surface area contributed by atoms with Crippen molar-refractivity contribution in [3.8, 4) is 5.75 Å². The number of nitrogens with zero attached hydrogens (tertiary/aromatic N) is 1. The Hall–Kier alpha value is -2.82. The lowest BCUT2D eigenvalue weighted by Crippen LogP contribution is -2.34. The molecule has 132 valence electrons. The number of anilines is 1. The summed E-state index contributed by atoms with van der Waals surface area (Å²) >= 11 is 0. The molecular weight excluding hydrogens is 316 g/mol. The van der Waals surface area contributed by atoms with Gasteiger partial charge >= 0.3 is 0 Å². The van der Waals surface area contributed by atoms with Gasteiger partial charge in [0.1, 0.15) is 5.75 Å². The van der Waals surface area contributed by atoms with Gasteiger partial charge in [-0.3, -0.25) is 9.59 Å². The van der Waals surface area contributed by atoms with Gasteiger partial charge in [-0.1, -0.05) is 36.4 Å². The lowest BCUT2D eigenvalue weighted by atomic mass is 10.1. The highest BCUT2D eigenvalue weighted by Gasteiger charge is 2.17. The van der Waals surface area contributed by atoms with E-state index in [9.17, 15) is 9.59 Å². The molecule has 5 nitrogen and oxygen atoms in total. The number of ether oxygens (including phenoxy) is 1. The topological polar surface area (TPSA) is 58.6 Å². The van der Waals surface area contributed by atoms with Gasteiger partial charge in [0.15, 0.2) is 0 Å². The quantitative estimate of drug-likeness (QED) is 0.843. The van der Waals surface area contributed by atoms with Gasteiger partial charge in [0.05, 0.1) is 12.8 Å². The van der Waals surface area contributed by atoms with Crippen molar-refractivity contribution in [3.63, 3.8) is 0 Å². The molecule has 0 radical (unpaired) electrons. The van der Waals surface area contributed by atoms with Gasteiger partial charge in [0, 0.05) is 26.4 Å². The van der Waals surface area contributed by atoms with Crippen LogP contribution in [0.2, 0.25) is 0 Å². The number of para-hydroxylation sites is 2. The largest absolute Gasteiger partial charge is 0.495 e. The maximum atomic E-state index is 12.2. The van der Waals surface area contributed by atoms with Crippen molar-refractivity contribution in [2.24, 2.45) is 0 Å². The van der Waals surface area contributed by atoms with E-state index in [1.165, 1.54) is 6.92 Å². The Morgan fingerprint density at radius 2 is 1.76 bits per heavy atom. The molecule has 2 aromatic rings. The van der Waals surface area contributed by atoms with Crippen molar-refractivity contribution in [2.45, 2.75) is 26.8 Å². The van der Waals surface area contributed by atoms with E-state index in [1.54, 1.807) is 18.1 Å². The van der Waals surface area contributed by atoms with Crippen LogP contribution in [0.3, 0.4) is 0 Å². The molecule has 0 fully saturated rings. The standard InChI is InChI=1S/C20H24N2O3/c1-15-8-4-5-9-17(15)14-21-20(24)12-13-22(16(2)23)18-10-6-7-11-19(18)25-3/h4-11H,12-14H2,1-3H3,(H,21,24). The first kappa shape index (κ1) is 18.5. The summed E-state index contributed by atoms with van der Waals surface area (Å²) in [6.45, 7) is 4.29. The third kappa shape index (κ3) is 5.08. The fraction of sp³-hybridized carbons (Fsp3) is 0.300. The third-order valence-electron chi connectivity index (χ3n) is 4.06. The maximum absolute atomic E-state index is 12.2. The summed E-state index contributed by atoms with van der Waals surface area (Å²) in [4.78, 5) is 25.7. The SMILES string of the molecule is COc1ccccc1N(CCC(=O)NCc1ccccc1C)C(C)=O.